The molecule has 1 aromatic heterocycles. The summed E-state index contributed by atoms with van der Waals surface area (Å²) in [6.45, 7) is 0. The molecule has 1 atom stereocenters. The molecule has 5 rings (SSSR count). The van der Waals surface area contributed by atoms with Crippen molar-refractivity contribution < 1.29 is 19.1 Å². The van der Waals surface area contributed by atoms with Gasteiger partial charge < -0.3 is 9.72 Å². The van der Waals surface area contributed by atoms with Gasteiger partial charge in [0.15, 0.2) is 11.9 Å². The molecule has 0 aliphatic rings. The number of fused-ring (bicyclic) bond motifs is 1. The number of ketones is 2. The van der Waals surface area contributed by atoms with Gasteiger partial charge in [-0.3, -0.25) is 9.59 Å². The van der Waals surface area contributed by atoms with E-state index in [2.05, 4.69) is 4.98 Å². The van der Waals surface area contributed by atoms with E-state index in [-0.39, 0.29) is 22.7 Å². The van der Waals surface area contributed by atoms with Gasteiger partial charge in [-0.25, -0.2) is 4.79 Å². The van der Waals surface area contributed by atoms with Gasteiger partial charge >= 0.3 is 5.97 Å². The molecule has 5 nitrogen and oxygen atoms in total. The van der Waals surface area contributed by atoms with Crippen LogP contribution in [-0.2, 0) is 4.74 Å². The molecule has 5 heteroatoms. The lowest BCUT2D eigenvalue weighted by atomic mass is 9.97. The number of esters is 1. The van der Waals surface area contributed by atoms with E-state index in [1.54, 1.807) is 72.9 Å². The monoisotopic (exact) mass is 459 g/mol. The van der Waals surface area contributed by atoms with E-state index in [4.69, 9.17) is 4.74 Å². The lowest BCUT2D eigenvalue weighted by molar-refractivity contribution is 0.0279. The third-order valence-electron chi connectivity index (χ3n) is 5.85. The van der Waals surface area contributed by atoms with Crippen LogP contribution in [0, 0.1) is 0 Å². The molecule has 35 heavy (non-hydrogen) atoms. The quantitative estimate of drug-likeness (QED) is 0.233. The Morgan fingerprint density at radius 2 is 1.23 bits per heavy atom. The van der Waals surface area contributed by atoms with Gasteiger partial charge in [0, 0.05) is 39.4 Å². The number of aromatic amines is 1. The Kier molecular flexibility index (Phi) is 6.05. The zero-order valence-corrected chi connectivity index (χ0v) is 18.7. The molecule has 4 aromatic carbocycles. The highest BCUT2D eigenvalue weighted by atomic mass is 16.5. The molecule has 0 radical (unpaired) electrons. The summed E-state index contributed by atoms with van der Waals surface area (Å²) >= 11 is 0. The first-order chi connectivity index (χ1) is 17.1. The third-order valence-corrected chi connectivity index (χ3v) is 5.85. The average Bonchev–Trinajstić information content (AvgIpc) is 3.36. The lowest BCUT2D eigenvalue weighted by Gasteiger charge is -2.18. The number of hydrogen-bond donors (Lipinski definition) is 1. The normalized spacial score (nSPS) is 11.7. The van der Waals surface area contributed by atoms with Gasteiger partial charge in [-0.15, -0.1) is 0 Å². The predicted molar refractivity (Wildman–Crippen MR) is 134 cm³/mol. The van der Waals surface area contributed by atoms with Crippen molar-refractivity contribution >= 4 is 28.4 Å². The number of carbonyl (C=O) groups is 3. The highest BCUT2D eigenvalue weighted by molar-refractivity contribution is 6.15. The standard InChI is InChI=1S/C30H21NO4/c32-27(20-11-3-1-4-12-20)23-16-7-8-17-24(23)30(34)35-29(21-13-5-2-6-14-21)28(33)25-19-31-26-18-10-9-15-22(25)26/h1-19,29,31H/t29-/m1/s1. The maximum Gasteiger partial charge on any atom is 0.339 e. The van der Waals surface area contributed by atoms with Gasteiger partial charge in [0.25, 0.3) is 0 Å². The van der Waals surface area contributed by atoms with Gasteiger partial charge in [0.05, 0.1) is 5.56 Å². The number of Topliss-reactive ketones (excluding diaryl/α,β-unsaturated/α-hetero) is 1. The van der Waals surface area contributed by atoms with Crippen LogP contribution >= 0.6 is 0 Å². The van der Waals surface area contributed by atoms with Crippen LogP contribution in [0.1, 0.15) is 48.3 Å². The molecule has 5 aromatic rings. The van der Waals surface area contributed by atoms with Gasteiger partial charge in [0.1, 0.15) is 0 Å². The van der Waals surface area contributed by atoms with Gasteiger partial charge in [-0.2, -0.15) is 0 Å². The average molecular weight is 460 g/mol. The van der Waals surface area contributed by atoms with Crippen molar-refractivity contribution in [2.45, 2.75) is 6.10 Å². The number of ether oxygens (including phenoxy) is 1. The molecule has 0 amide bonds. The molecule has 0 aliphatic heterocycles. The van der Waals surface area contributed by atoms with Gasteiger partial charge in [0.2, 0.25) is 5.78 Å². The van der Waals surface area contributed by atoms with Crippen LogP contribution in [0.5, 0.6) is 0 Å². The van der Waals surface area contributed by atoms with Gasteiger partial charge in [-0.1, -0.05) is 97.1 Å². The molecule has 1 N–H and O–H groups in total. The zero-order chi connectivity index (χ0) is 24.2. The van der Waals surface area contributed by atoms with E-state index in [9.17, 15) is 14.4 Å². The fourth-order valence-electron chi connectivity index (χ4n) is 4.09. The molecule has 0 fully saturated rings. The number of carbonyl (C=O) groups excluding carboxylic acids is 3. The van der Waals surface area contributed by atoms with E-state index in [1.165, 1.54) is 6.07 Å². The van der Waals surface area contributed by atoms with Crippen molar-refractivity contribution in [3.05, 3.63) is 143 Å². The molecule has 0 aliphatic carbocycles. The summed E-state index contributed by atoms with van der Waals surface area (Å²) in [7, 11) is 0. The summed E-state index contributed by atoms with van der Waals surface area (Å²) in [4.78, 5) is 43.3. The zero-order valence-electron chi connectivity index (χ0n) is 18.7. The Morgan fingerprint density at radius 3 is 1.97 bits per heavy atom. The molecule has 0 bridgehead atoms. The van der Waals surface area contributed by atoms with Crippen LogP contribution in [0.2, 0.25) is 0 Å². The highest BCUT2D eigenvalue weighted by Crippen LogP contribution is 2.28. The summed E-state index contributed by atoms with van der Waals surface area (Å²) in [6.07, 6.45) is 0.451. The number of nitrogens with one attached hydrogen (secondary N) is 1. The highest BCUT2D eigenvalue weighted by Gasteiger charge is 2.30. The first-order valence-electron chi connectivity index (χ1n) is 11.2. The maximum atomic E-state index is 13.7. The summed E-state index contributed by atoms with van der Waals surface area (Å²) in [5, 5.41) is 0.745. The smallest absolute Gasteiger partial charge is 0.339 e. The van der Waals surface area contributed by atoms with Crippen molar-refractivity contribution in [2.75, 3.05) is 0 Å². The second kappa shape index (κ2) is 9.61. The van der Waals surface area contributed by atoms with E-state index in [1.807, 2.05) is 36.4 Å². The Balaban J connectivity index is 1.51. The second-order valence-electron chi connectivity index (χ2n) is 8.05. The van der Waals surface area contributed by atoms with E-state index in [0.29, 0.717) is 16.7 Å². The fourth-order valence-corrected chi connectivity index (χ4v) is 4.09. The molecule has 0 saturated heterocycles. The number of rotatable bonds is 7. The van der Waals surface area contributed by atoms with Crippen LogP contribution < -0.4 is 0 Å². The van der Waals surface area contributed by atoms with Crippen molar-refractivity contribution in [1.82, 2.24) is 4.98 Å². The van der Waals surface area contributed by atoms with E-state index >= 15 is 0 Å². The topological polar surface area (TPSA) is 76.2 Å². The Labute approximate surface area is 202 Å². The number of benzene rings is 4. The molecule has 170 valence electrons. The molecular formula is C30H21NO4. The minimum Gasteiger partial charge on any atom is -0.445 e. The van der Waals surface area contributed by atoms with Crippen LogP contribution in [0.25, 0.3) is 10.9 Å². The first-order valence-corrected chi connectivity index (χ1v) is 11.2. The Hall–Kier alpha value is -4.77. The van der Waals surface area contributed by atoms with E-state index < -0.39 is 12.1 Å². The van der Waals surface area contributed by atoms with Crippen LogP contribution in [0.3, 0.4) is 0 Å². The number of H-pyrrole nitrogens is 1. The first kappa shape index (κ1) is 22.0. The number of aromatic nitrogens is 1. The van der Waals surface area contributed by atoms with Crippen LogP contribution in [-0.4, -0.2) is 22.5 Å². The van der Waals surface area contributed by atoms with Gasteiger partial charge in [-0.05, 0) is 12.1 Å². The molecule has 1 heterocycles. The molecular weight excluding hydrogens is 438 g/mol. The molecule has 0 unspecified atom stereocenters. The summed E-state index contributed by atoms with van der Waals surface area (Å²) in [6, 6.07) is 31.5. The summed E-state index contributed by atoms with van der Waals surface area (Å²) in [5.41, 5.74) is 2.57. The van der Waals surface area contributed by atoms with Crippen molar-refractivity contribution in [3.8, 4) is 0 Å². The van der Waals surface area contributed by atoms with Crippen LogP contribution in [0.15, 0.2) is 115 Å². The third kappa shape index (κ3) is 4.39. The van der Waals surface area contributed by atoms with Crippen LogP contribution in [0.4, 0.5) is 0 Å². The number of hydrogen-bond acceptors (Lipinski definition) is 4. The SMILES string of the molecule is O=C(O[C@@H](C(=O)c1c[nH]c2ccccc12)c1ccccc1)c1ccccc1C(=O)c1ccccc1. The fraction of sp³-hybridized carbons (Fsp3) is 0.0333. The Bertz CT molecular complexity index is 1520. The van der Waals surface area contributed by atoms with E-state index in [0.717, 1.165) is 10.9 Å². The maximum absolute atomic E-state index is 13.7. The molecule has 0 spiro atoms. The van der Waals surface area contributed by atoms with Crippen molar-refractivity contribution in [3.63, 3.8) is 0 Å². The minimum absolute atomic E-state index is 0.106. The number of para-hydroxylation sites is 1. The largest absolute Gasteiger partial charge is 0.445 e. The minimum atomic E-state index is -1.18. The second-order valence-corrected chi connectivity index (χ2v) is 8.05. The lowest BCUT2D eigenvalue weighted by Crippen LogP contribution is -2.21. The van der Waals surface area contributed by atoms with Crippen molar-refractivity contribution in [2.24, 2.45) is 0 Å². The molecule has 0 saturated carbocycles. The predicted octanol–water partition coefficient (Wildman–Crippen LogP) is 6.18. The van der Waals surface area contributed by atoms with Crippen molar-refractivity contribution in [1.29, 1.82) is 0 Å². The Morgan fingerprint density at radius 1 is 0.629 bits per heavy atom. The summed E-state index contributed by atoms with van der Waals surface area (Å²) in [5.74, 6) is -1.39. The summed E-state index contributed by atoms with van der Waals surface area (Å²) < 4.78 is 5.83.